The number of benzene rings is 2. The van der Waals surface area contributed by atoms with Crippen LogP contribution >= 0.6 is 11.3 Å². The lowest BCUT2D eigenvalue weighted by atomic mass is 9.99. The standard InChI is InChI=1S/C35H36FN7O4S.CH2F2.3H2/c1-2-37-35(46)41-31-17-27(34-40-25(18-36)22-48-34)28(19-39-31)24-8-9-26-30(16-24)43(20-23-6-4-3-5-7-23)21-29(32(26)44)33(45)38-10-11-42-12-14-47-15-13-42;2-1-3;;;/h3-9,16-17,19,21-22H,2,10-15,18,20H2,1H3,(H,38,45)(H2,37,39,41,46);1H2;3*1H. The van der Waals surface area contributed by atoms with E-state index in [9.17, 15) is 27.6 Å². The Kier molecular flexibility index (Phi) is 13.3. The van der Waals surface area contributed by atoms with E-state index in [1.54, 1.807) is 36.0 Å². The van der Waals surface area contributed by atoms with Crippen molar-refractivity contribution in [2.24, 2.45) is 0 Å². The number of thiazole rings is 1. The molecular weight excluding hydrogens is 684 g/mol. The molecule has 274 valence electrons. The van der Waals surface area contributed by atoms with Crippen molar-refractivity contribution in [2.75, 3.05) is 58.2 Å². The van der Waals surface area contributed by atoms with E-state index in [4.69, 9.17) is 4.74 Å². The van der Waals surface area contributed by atoms with Gasteiger partial charge < -0.3 is 19.9 Å². The average Bonchev–Trinajstić information content (AvgIpc) is 3.63. The van der Waals surface area contributed by atoms with Crippen molar-refractivity contribution in [1.82, 2.24) is 30.1 Å². The van der Waals surface area contributed by atoms with Crippen LogP contribution in [0.4, 0.5) is 23.8 Å². The number of nitrogens with one attached hydrogen (secondary N) is 3. The number of hydrogen-bond donors (Lipinski definition) is 3. The maximum absolute atomic E-state index is 13.8. The number of rotatable bonds is 11. The molecule has 2 aromatic carbocycles. The summed E-state index contributed by atoms with van der Waals surface area (Å²) in [5.74, 6) is -0.113. The number of ether oxygens (including phenoxy) is 1. The van der Waals surface area contributed by atoms with Crippen LogP contribution in [0.25, 0.3) is 32.6 Å². The van der Waals surface area contributed by atoms with E-state index in [1.807, 2.05) is 47.9 Å². The number of fused-ring (bicyclic) bond motifs is 1. The molecule has 5 aromatic rings. The normalized spacial score (nSPS) is 12.9. The minimum Gasteiger partial charge on any atom is -0.379 e. The molecule has 3 N–H and O–H groups in total. The summed E-state index contributed by atoms with van der Waals surface area (Å²) in [6.45, 7) is 4.26. The summed E-state index contributed by atoms with van der Waals surface area (Å²) in [6.07, 6.45) is 3.25. The Bertz CT molecular complexity index is 2020. The fraction of sp³-hybridized carbons (Fsp3) is 0.306. The van der Waals surface area contributed by atoms with Crippen LogP contribution in [-0.4, -0.2) is 84.2 Å². The van der Waals surface area contributed by atoms with Gasteiger partial charge in [0.2, 0.25) is 12.4 Å². The molecule has 0 radical (unpaired) electrons. The number of halogens is 3. The Balaban J connectivity index is 0.00000163. The number of amides is 3. The molecule has 6 rings (SSSR count). The molecular formula is C36H44F3N7O4S. The first kappa shape index (κ1) is 37.1. The second-order valence-corrected chi connectivity index (χ2v) is 12.3. The lowest BCUT2D eigenvalue weighted by Crippen LogP contribution is -2.42. The van der Waals surface area contributed by atoms with E-state index in [1.165, 1.54) is 11.3 Å². The first-order chi connectivity index (χ1) is 24.8. The molecule has 3 amide bonds. The Labute approximate surface area is 300 Å². The predicted octanol–water partition coefficient (Wildman–Crippen LogP) is 6.53. The lowest BCUT2D eigenvalue weighted by molar-refractivity contribution is 0.0383. The van der Waals surface area contributed by atoms with Crippen LogP contribution in [0.15, 0.2) is 77.2 Å². The third-order valence-electron chi connectivity index (χ3n) is 8.05. The molecule has 3 aromatic heterocycles. The molecule has 1 aliphatic heterocycles. The Morgan fingerprint density at radius 2 is 1.78 bits per heavy atom. The van der Waals surface area contributed by atoms with Gasteiger partial charge in [-0.2, -0.15) is 0 Å². The maximum Gasteiger partial charge on any atom is 0.320 e. The van der Waals surface area contributed by atoms with Gasteiger partial charge in [-0.1, -0.05) is 36.4 Å². The largest absolute Gasteiger partial charge is 0.379 e. The number of carbonyl (C=O) groups excluding carboxylic acids is 2. The molecule has 1 fully saturated rings. The van der Waals surface area contributed by atoms with Crippen LogP contribution in [-0.2, 0) is 18.0 Å². The second-order valence-electron chi connectivity index (χ2n) is 11.4. The molecule has 0 spiro atoms. The van der Waals surface area contributed by atoms with Gasteiger partial charge in [0.15, 0.2) is 0 Å². The van der Waals surface area contributed by atoms with E-state index >= 15 is 0 Å². The summed E-state index contributed by atoms with van der Waals surface area (Å²) in [5.41, 5.74) is 3.70. The lowest BCUT2D eigenvalue weighted by Gasteiger charge is -2.26. The summed E-state index contributed by atoms with van der Waals surface area (Å²) < 4.78 is 40.1. The number of aromatic nitrogens is 3. The van der Waals surface area contributed by atoms with E-state index < -0.39 is 25.5 Å². The third kappa shape index (κ3) is 9.57. The van der Waals surface area contributed by atoms with Gasteiger partial charge in [0.1, 0.15) is 23.1 Å². The van der Waals surface area contributed by atoms with Gasteiger partial charge in [0.25, 0.3) is 5.91 Å². The Hall–Kier alpha value is -5.12. The fourth-order valence-electron chi connectivity index (χ4n) is 5.62. The van der Waals surface area contributed by atoms with E-state index in [-0.39, 0.29) is 15.3 Å². The summed E-state index contributed by atoms with van der Waals surface area (Å²) >= 11 is 1.29. The van der Waals surface area contributed by atoms with Crippen LogP contribution in [0.5, 0.6) is 0 Å². The highest BCUT2D eigenvalue weighted by molar-refractivity contribution is 7.13. The van der Waals surface area contributed by atoms with Crippen molar-refractivity contribution in [3.8, 4) is 21.7 Å². The highest BCUT2D eigenvalue weighted by Gasteiger charge is 2.20. The van der Waals surface area contributed by atoms with Crippen LogP contribution in [0.1, 0.15) is 32.8 Å². The van der Waals surface area contributed by atoms with Gasteiger partial charge in [0.05, 0.1) is 24.4 Å². The number of urea groups is 1. The zero-order valence-electron chi connectivity index (χ0n) is 28.0. The molecule has 0 saturated carbocycles. The summed E-state index contributed by atoms with van der Waals surface area (Å²) in [7, 11) is 0. The Morgan fingerprint density at radius 1 is 1.02 bits per heavy atom. The maximum atomic E-state index is 13.8. The number of nitrogens with zero attached hydrogens (tertiary/aromatic N) is 4. The zero-order valence-corrected chi connectivity index (χ0v) is 28.8. The second kappa shape index (κ2) is 18.2. The molecule has 0 aliphatic carbocycles. The van der Waals surface area contributed by atoms with Crippen molar-refractivity contribution in [2.45, 2.75) is 20.1 Å². The molecule has 0 atom stereocenters. The monoisotopic (exact) mass is 727 g/mol. The number of anilines is 1. The predicted molar refractivity (Wildman–Crippen MR) is 199 cm³/mol. The van der Waals surface area contributed by atoms with Gasteiger partial charge in [0, 0.05) is 77.8 Å². The third-order valence-corrected chi connectivity index (χ3v) is 8.98. The molecule has 0 bridgehead atoms. The van der Waals surface area contributed by atoms with E-state index in [0.717, 1.165) is 24.2 Å². The van der Waals surface area contributed by atoms with E-state index in [2.05, 4.69) is 30.8 Å². The minimum atomic E-state index is -1.75. The molecule has 11 nitrogen and oxygen atoms in total. The number of pyridine rings is 2. The Morgan fingerprint density at radius 3 is 2.49 bits per heavy atom. The van der Waals surface area contributed by atoms with Gasteiger partial charge in [-0.15, -0.1) is 11.3 Å². The summed E-state index contributed by atoms with van der Waals surface area (Å²) in [4.78, 5) is 50.6. The van der Waals surface area contributed by atoms with Crippen LogP contribution in [0.3, 0.4) is 0 Å². The zero-order chi connectivity index (χ0) is 36.2. The van der Waals surface area contributed by atoms with Gasteiger partial charge in [-0.3, -0.25) is 19.8 Å². The number of alkyl halides is 3. The fourth-order valence-corrected chi connectivity index (χ4v) is 6.45. The van der Waals surface area contributed by atoms with Crippen molar-refractivity contribution in [3.05, 3.63) is 99.4 Å². The molecule has 4 heterocycles. The average molecular weight is 728 g/mol. The number of morpholine rings is 1. The highest BCUT2D eigenvalue weighted by atomic mass is 32.1. The molecule has 15 heteroatoms. The summed E-state index contributed by atoms with van der Waals surface area (Å²) in [6, 6.07) is 16.5. The van der Waals surface area contributed by atoms with Crippen LogP contribution < -0.4 is 21.4 Å². The van der Waals surface area contributed by atoms with Crippen molar-refractivity contribution < 1.29 is 31.8 Å². The van der Waals surface area contributed by atoms with Gasteiger partial charge in [-0.25, -0.2) is 27.9 Å². The minimum absolute atomic E-state index is 0. The SMILES string of the molecule is CCNC(=O)Nc1cc(-c2nc(CF)cs2)c(-c2ccc3c(=O)c(C(=O)NCCN4CCOCC4)cn(Cc4ccccc4)c3c2)cn1.FCF.[HH].[HH].[HH]. The topological polar surface area (TPSA) is 130 Å². The summed E-state index contributed by atoms with van der Waals surface area (Å²) in [5, 5.41) is 10.9. The van der Waals surface area contributed by atoms with Gasteiger partial charge >= 0.3 is 6.03 Å². The smallest absolute Gasteiger partial charge is 0.320 e. The molecule has 0 unspecified atom stereocenters. The van der Waals surface area contributed by atoms with Crippen molar-refractivity contribution >= 4 is 40.0 Å². The van der Waals surface area contributed by atoms with E-state index in [0.29, 0.717) is 77.9 Å². The molecule has 1 saturated heterocycles. The highest BCUT2D eigenvalue weighted by Crippen LogP contribution is 2.36. The molecule has 51 heavy (non-hydrogen) atoms. The van der Waals surface area contributed by atoms with Crippen LogP contribution in [0, 0.1) is 0 Å². The van der Waals surface area contributed by atoms with Crippen molar-refractivity contribution in [3.63, 3.8) is 0 Å². The first-order valence-corrected chi connectivity index (χ1v) is 17.2. The quantitative estimate of drug-likeness (QED) is 0.141. The number of carbonyl (C=O) groups is 2. The van der Waals surface area contributed by atoms with Crippen molar-refractivity contribution in [1.29, 1.82) is 0 Å². The number of hydrogen-bond acceptors (Lipinski definition) is 8. The van der Waals surface area contributed by atoms with Gasteiger partial charge in [-0.05, 0) is 36.2 Å². The first-order valence-electron chi connectivity index (χ1n) is 16.3. The molecule has 1 aliphatic rings. The van der Waals surface area contributed by atoms with Crippen LogP contribution in [0.2, 0.25) is 0 Å².